The van der Waals surface area contributed by atoms with Gasteiger partial charge in [-0.25, -0.2) is 0 Å². The lowest BCUT2D eigenvalue weighted by molar-refractivity contribution is 0.100. The summed E-state index contributed by atoms with van der Waals surface area (Å²) in [6.45, 7) is 0.474. The molecule has 0 aliphatic rings. The standard InChI is InChI=1S/C22H13Cl2N5O2/c23-15-7-5-13(6-8-15)12-29-17-4-2-1-3-16(17)18(20(29)24)19(30)22-28-27-21(31-22)14-9-10-25-26-11-14/h1-11H,12H2. The minimum Gasteiger partial charge on any atom is -0.413 e. The van der Waals surface area contributed by atoms with Crippen LogP contribution in [0.15, 0.2) is 71.4 Å². The second kappa shape index (κ2) is 7.94. The predicted octanol–water partition coefficient (Wildman–Crippen LogP) is 5.07. The lowest BCUT2D eigenvalue weighted by Crippen LogP contribution is -2.04. The molecule has 31 heavy (non-hydrogen) atoms. The van der Waals surface area contributed by atoms with Crippen LogP contribution in [0.1, 0.15) is 21.8 Å². The van der Waals surface area contributed by atoms with Crippen LogP contribution in [0.5, 0.6) is 0 Å². The van der Waals surface area contributed by atoms with Gasteiger partial charge in [-0.1, -0.05) is 53.5 Å². The zero-order chi connectivity index (χ0) is 21.4. The first-order valence-corrected chi connectivity index (χ1v) is 10.0. The highest BCUT2D eigenvalue weighted by Crippen LogP contribution is 2.33. The Morgan fingerprint density at radius 2 is 1.77 bits per heavy atom. The van der Waals surface area contributed by atoms with E-state index in [9.17, 15) is 4.79 Å². The van der Waals surface area contributed by atoms with Gasteiger partial charge in [-0.05, 0) is 29.8 Å². The van der Waals surface area contributed by atoms with Crippen LogP contribution >= 0.6 is 23.2 Å². The minimum atomic E-state index is -0.447. The van der Waals surface area contributed by atoms with Crippen molar-refractivity contribution in [3.63, 3.8) is 0 Å². The molecule has 0 atom stereocenters. The number of para-hydroxylation sites is 1. The second-order valence-electron chi connectivity index (χ2n) is 6.77. The molecular formula is C22H13Cl2N5O2. The minimum absolute atomic E-state index is 0.150. The van der Waals surface area contributed by atoms with Gasteiger partial charge in [0.05, 0.1) is 29.0 Å². The number of benzene rings is 2. The summed E-state index contributed by atoms with van der Waals surface area (Å²) in [5.74, 6) is -0.417. The fourth-order valence-electron chi connectivity index (χ4n) is 3.37. The highest BCUT2D eigenvalue weighted by Gasteiger charge is 2.26. The second-order valence-corrected chi connectivity index (χ2v) is 7.56. The molecule has 0 aliphatic carbocycles. The quantitative estimate of drug-likeness (QED) is 0.348. The van der Waals surface area contributed by atoms with Crippen molar-refractivity contribution in [1.29, 1.82) is 0 Å². The van der Waals surface area contributed by atoms with E-state index in [-0.39, 0.29) is 11.8 Å². The molecule has 9 heteroatoms. The molecule has 0 radical (unpaired) electrons. The molecule has 0 unspecified atom stereocenters. The summed E-state index contributed by atoms with van der Waals surface area (Å²) >= 11 is 12.7. The largest absolute Gasteiger partial charge is 0.413 e. The molecular weight excluding hydrogens is 437 g/mol. The fourth-order valence-corrected chi connectivity index (χ4v) is 3.84. The third kappa shape index (κ3) is 3.58. The molecule has 0 spiro atoms. The Morgan fingerprint density at radius 1 is 0.968 bits per heavy atom. The summed E-state index contributed by atoms with van der Waals surface area (Å²) in [6, 6.07) is 16.6. The number of hydrogen-bond acceptors (Lipinski definition) is 6. The highest BCUT2D eigenvalue weighted by atomic mass is 35.5. The third-order valence-electron chi connectivity index (χ3n) is 4.84. The highest BCUT2D eigenvalue weighted by molar-refractivity contribution is 6.36. The van der Waals surface area contributed by atoms with Gasteiger partial charge in [-0.15, -0.1) is 10.2 Å². The summed E-state index contributed by atoms with van der Waals surface area (Å²) in [7, 11) is 0. The van der Waals surface area contributed by atoms with Crippen molar-refractivity contribution in [3.8, 4) is 11.5 Å². The summed E-state index contributed by atoms with van der Waals surface area (Å²) in [5, 5.41) is 17.0. The number of carbonyl (C=O) groups excluding carboxylic acids is 1. The van der Waals surface area contributed by atoms with Crippen LogP contribution in [0, 0.1) is 0 Å². The van der Waals surface area contributed by atoms with E-state index in [0.717, 1.165) is 11.1 Å². The topological polar surface area (TPSA) is 86.7 Å². The lowest BCUT2D eigenvalue weighted by Gasteiger charge is -2.07. The number of carbonyl (C=O) groups is 1. The first kappa shape index (κ1) is 19.4. The Balaban J connectivity index is 1.57. The lowest BCUT2D eigenvalue weighted by atomic mass is 10.1. The van der Waals surface area contributed by atoms with E-state index in [0.29, 0.717) is 33.2 Å². The first-order chi connectivity index (χ1) is 15.1. The van der Waals surface area contributed by atoms with E-state index in [4.69, 9.17) is 27.6 Å². The molecule has 7 nitrogen and oxygen atoms in total. The summed E-state index contributed by atoms with van der Waals surface area (Å²) < 4.78 is 7.48. The van der Waals surface area contributed by atoms with Gasteiger partial charge in [0.15, 0.2) is 0 Å². The van der Waals surface area contributed by atoms with Crippen molar-refractivity contribution in [1.82, 2.24) is 25.0 Å². The van der Waals surface area contributed by atoms with E-state index in [2.05, 4.69) is 20.4 Å². The van der Waals surface area contributed by atoms with Gasteiger partial charge < -0.3 is 8.98 Å². The van der Waals surface area contributed by atoms with Gasteiger partial charge >= 0.3 is 0 Å². The number of halogens is 2. The third-order valence-corrected chi connectivity index (χ3v) is 5.48. The maximum Gasteiger partial charge on any atom is 0.289 e. The van der Waals surface area contributed by atoms with Crippen molar-refractivity contribution in [2.24, 2.45) is 0 Å². The normalized spacial score (nSPS) is 11.2. The van der Waals surface area contributed by atoms with Crippen LogP contribution < -0.4 is 0 Å². The van der Waals surface area contributed by atoms with Crippen LogP contribution in [-0.2, 0) is 6.54 Å². The maximum absolute atomic E-state index is 13.3. The van der Waals surface area contributed by atoms with Gasteiger partial charge in [-0.2, -0.15) is 10.2 Å². The van der Waals surface area contributed by atoms with E-state index in [1.165, 1.54) is 12.4 Å². The molecule has 2 aromatic carbocycles. The average Bonchev–Trinajstić information content (AvgIpc) is 3.40. The zero-order valence-corrected chi connectivity index (χ0v) is 17.4. The van der Waals surface area contributed by atoms with Crippen molar-refractivity contribution in [2.75, 3.05) is 0 Å². The van der Waals surface area contributed by atoms with Crippen LogP contribution in [0.2, 0.25) is 10.2 Å². The Labute approximate surface area is 186 Å². The van der Waals surface area contributed by atoms with Crippen molar-refractivity contribution >= 4 is 39.9 Å². The van der Waals surface area contributed by atoms with Crippen LogP contribution in [0.3, 0.4) is 0 Å². The number of fused-ring (bicyclic) bond motifs is 1. The molecule has 0 N–H and O–H groups in total. The molecule has 0 aliphatic heterocycles. The van der Waals surface area contributed by atoms with Crippen molar-refractivity contribution in [3.05, 3.63) is 94.2 Å². The first-order valence-electron chi connectivity index (χ1n) is 9.28. The summed E-state index contributed by atoms with van der Waals surface area (Å²) in [6.07, 6.45) is 2.98. The number of ketones is 1. The Bertz CT molecular complexity index is 1390. The molecule has 152 valence electrons. The molecule has 0 saturated heterocycles. The Kier molecular flexibility index (Phi) is 4.97. The molecule has 0 saturated carbocycles. The number of aromatic nitrogens is 5. The SMILES string of the molecule is O=C(c1nnc(-c2ccnnc2)o1)c1c(Cl)n(Cc2ccc(Cl)cc2)c2ccccc12. The Morgan fingerprint density at radius 3 is 2.55 bits per heavy atom. The molecule has 3 heterocycles. The van der Waals surface area contributed by atoms with Crippen molar-refractivity contribution in [2.45, 2.75) is 6.54 Å². The molecule has 5 aromatic rings. The van der Waals surface area contributed by atoms with Crippen LogP contribution in [-0.4, -0.2) is 30.7 Å². The number of nitrogens with zero attached hydrogens (tertiary/aromatic N) is 5. The van der Waals surface area contributed by atoms with Crippen LogP contribution in [0.4, 0.5) is 0 Å². The van der Waals surface area contributed by atoms with Gasteiger partial charge in [0.2, 0.25) is 5.89 Å². The van der Waals surface area contributed by atoms with Gasteiger partial charge in [0.1, 0.15) is 5.15 Å². The number of hydrogen-bond donors (Lipinski definition) is 0. The van der Waals surface area contributed by atoms with E-state index in [1.807, 2.05) is 53.1 Å². The van der Waals surface area contributed by atoms with Gasteiger partial charge in [0, 0.05) is 17.0 Å². The molecule has 5 rings (SSSR count). The fraction of sp³-hybridized carbons (Fsp3) is 0.0455. The van der Waals surface area contributed by atoms with Crippen molar-refractivity contribution < 1.29 is 9.21 Å². The average molecular weight is 450 g/mol. The van der Waals surface area contributed by atoms with E-state index in [1.54, 1.807) is 6.07 Å². The van der Waals surface area contributed by atoms with Gasteiger partial charge in [-0.3, -0.25) is 4.79 Å². The smallest absolute Gasteiger partial charge is 0.289 e. The zero-order valence-electron chi connectivity index (χ0n) is 15.9. The molecule has 3 aromatic heterocycles. The van der Waals surface area contributed by atoms with Crippen LogP contribution in [0.25, 0.3) is 22.4 Å². The van der Waals surface area contributed by atoms with Gasteiger partial charge in [0.25, 0.3) is 11.7 Å². The Hall–Kier alpha value is -3.55. The number of rotatable bonds is 5. The molecule has 0 fully saturated rings. The predicted molar refractivity (Wildman–Crippen MR) is 116 cm³/mol. The maximum atomic E-state index is 13.3. The monoisotopic (exact) mass is 449 g/mol. The summed E-state index contributed by atoms with van der Waals surface area (Å²) in [5.41, 5.74) is 2.70. The van der Waals surface area contributed by atoms with E-state index >= 15 is 0 Å². The molecule has 0 bridgehead atoms. The summed E-state index contributed by atoms with van der Waals surface area (Å²) in [4.78, 5) is 13.3. The molecule has 0 amide bonds. The van der Waals surface area contributed by atoms with E-state index < -0.39 is 5.78 Å².